The third kappa shape index (κ3) is 2.15. The fourth-order valence-corrected chi connectivity index (χ4v) is 2.69. The molecule has 2 aliphatic heterocycles. The van der Waals surface area contributed by atoms with Crippen LogP contribution in [0, 0.1) is 0 Å². The van der Waals surface area contributed by atoms with Crippen LogP contribution < -0.4 is 10.6 Å². The molecule has 2 bridgehead atoms. The first-order chi connectivity index (χ1) is 8.22. The molecule has 3 heterocycles. The maximum atomic E-state index is 5.91. The number of ether oxygens (including phenoxy) is 1. The van der Waals surface area contributed by atoms with Gasteiger partial charge in [-0.15, -0.1) is 0 Å². The molecule has 0 saturated carbocycles. The Morgan fingerprint density at radius 1 is 1.41 bits per heavy atom. The highest BCUT2D eigenvalue weighted by Crippen LogP contribution is 2.29. The van der Waals surface area contributed by atoms with E-state index in [1.807, 2.05) is 19.2 Å². The predicted octanol–water partition coefficient (Wildman–Crippen LogP) is 1.47. The first-order valence-electron chi connectivity index (χ1n) is 6.34. The molecule has 0 aromatic carbocycles. The smallest absolute Gasteiger partial charge is 0.128 e. The zero-order chi connectivity index (χ0) is 11.8. The minimum absolute atomic E-state index is 0.0644. The lowest BCUT2D eigenvalue weighted by molar-refractivity contribution is 0.0302. The molecule has 1 aromatic rings. The lowest BCUT2D eigenvalue weighted by atomic mass is 10.1. The zero-order valence-electron chi connectivity index (χ0n) is 10.2. The number of aromatic nitrogens is 1. The maximum Gasteiger partial charge on any atom is 0.128 e. The van der Waals surface area contributed by atoms with Crippen molar-refractivity contribution in [2.24, 2.45) is 5.73 Å². The molecule has 3 rings (SSSR count). The molecule has 3 atom stereocenters. The molecule has 92 valence electrons. The molecule has 2 fully saturated rings. The highest BCUT2D eigenvalue weighted by molar-refractivity contribution is 5.42. The number of hydrogen-bond acceptors (Lipinski definition) is 4. The molecule has 3 unspecified atom stereocenters. The Hall–Kier alpha value is -1.13. The quantitative estimate of drug-likeness (QED) is 0.840. The summed E-state index contributed by atoms with van der Waals surface area (Å²) in [6.07, 6.45) is 5.03. The van der Waals surface area contributed by atoms with Crippen molar-refractivity contribution < 1.29 is 4.74 Å². The van der Waals surface area contributed by atoms with E-state index in [2.05, 4.69) is 16.0 Å². The van der Waals surface area contributed by atoms with Gasteiger partial charge in [0, 0.05) is 25.3 Å². The van der Waals surface area contributed by atoms with Crippen LogP contribution in [0.5, 0.6) is 0 Å². The second-order valence-corrected chi connectivity index (χ2v) is 5.10. The van der Waals surface area contributed by atoms with Gasteiger partial charge in [0.2, 0.25) is 0 Å². The third-order valence-electron chi connectivity index (χ3n) is 3.66. The molecule has 0 amide bonds. The van der Waals surface area contributed by atoms with E-state index in [0.717, 1.165) is 24.5 Å². The number of nitrogens with zero attached hydrogens (tertiary/aromatic N) is 2. The molecule has 2 aliphatic rings. The standard InChI is InChI=1S/C13H19N3O/c1-9(14)10-4-5-15-13(6-10)16-7-11-2-3-12(8-16)17-11/h4-6,9,11-12H,2-3,7-8,14H2,1H3. The van der Waals surface area contributed by atoms with Gasteiger partial charge in [-0.2, -0.15) is 0 Å². The molecule has 0 spiro atoms. The highest BCUT2D eigenvalue weighted by atomic mass is 16.5. The lowest BCUT2D eigenvalue weighted by Crippen LogP contribution is -2.43. The van der Waals surface area contributed by atoms with Gasteiger partial charge in [-0.05, 0) is 37.5 Å². The molecule has 0 aliphatic carbocycles. The summed E-state index contributed by atoms with van der Waals surface area (Å²) < 4.78 is 5.83. The van der Waals surface area contributed by atoms with Crippen molar-refractivity contribution in [3.8, 4) is 0 Å². The third-order valence-corrected chi connectivity index (χ3v) is 3.66. The van der Waals surface area contributed by atoms with Crippen LogP contribution in [0.1, 0.15) is 31.4 Å². The van der Waals surface area contributed by atoms with Crippen LogP contribution in [0.25, 0.3) is 0 Å². The van der Waals surface area contributed by atoms with Crippen LogP contribution >= 0.6 is 0 Å². The average Bonchev–Trinajstić information content (AvgIpc) is 2.68. The Morgan fingerprint density at radius 3 is 2.76 bits per heavy atom. The monoisotopic (exact) mass is 233 g/mol. The number of pyridine rings is 1. The number of nitrogens with two attached hydrogens (primary N) is 1. The van der Waals surface area contributed by atoms with E-state index in [0.29, 0.717) is 12.2 Å². The van der Waals surface area contributed by atoms with E-state index in [-0.39, 0.29) is 6.04 Å². The van der Waals surface area contributed by atoms with Crippen molar-refractivity contribution in [1.29, 1.82) is 0 Å². The topological polar surface area (TPSA) is 51.4 Å². The number of hydrogen-bond donors (Lipinski definition) is 1. The van der Waals surface area contributed by atoms with E-state index >= 15 is 0 Å². The van der Waals surface area contributed by atoms with Crippen LogP contribution in [0.2, 0.25) is 0 Å². The number of fused-ring (bicyclic) bond motifs is 2. The van der Waals surface area contributed by atoms with Crippen molar-refractivity contribution in [2.45, 2.75) is 38.0 Å². The molecule has 2 N–H and O–H groups in total. The summed E-state index contributed by atoms with van der Waals surface area (Å²) in [5.74, 6) is 1.04. The van der Waals surface area contributed by atoms with Crippen LogP contribution in [0.3, 0.4) is 0 Å². The first kappa shape index (κ1) is 11.0. The van der Waals surface area contributed by atoms with E-state index in [9.17, 15) is 0 Å². The largest absolute Gasteiger partial charge is 0.371 e. The lowest BCUT2D eigenvalue weighted by Gasteiger charge is -2.33. The Morgan fingerprint density at radius 2 is 2.12 bits per heavy atom. The van der Waals surface area contributed by atoms with Crippen molar-refractivity contribution in [3.05, 3.63) is 23.9 Å². The molecule has 2 saturated heterocycles. The van der Waals surface area contributed by atoms with Crippen molar-refractivity contribution in [2.75, 3.05) is 18.0 Å². The first-order valence-corrected chi connectivity index (χ1v) is 6.34. The van der Waals surface area contributed by atoms with E-state index in [1.165, 1.54) is 12.8 Å². The minimum Gasteiger partial charge on any atom is -0.371 e. The summed E-state index contributed by atoms with van der Waals surface area (Å²) in [6, 6.07) is 4.16. The molecule has 17 heavy (non-hydrogen) atoms. The van der Waals surface area contributed by atoms with E-state index in [4.69, 9.17) is 10.5 Å². The Labute approximate surface area is 102 Å². The molecular weight excluding hydrogens is 214 g/mol. The zero-order valence-corrected chi connectivity index (χ0v) is 10.2. The molecule has 1 aromatic heterocycles. The minimum atomic E-state index is 0.0644. The van der Waals surface area contributed by atoms with E-state index in [1.54, 1.807) is 0 Å². The highest BCUT2D eigenvalue weighted by Gasteiger charge is 2.34. The van der Waals surface area contributed by atoms with Gasteiger partial charge in [0.1, 0.15) is 5.82 Å². The fraction of sp³-hybridized carbons (Fsp3) is 0.615. The van der Waals surface area contributed by atoms with Crippen molar-refractivity contribution in [1.82, 2.24) is 4.98 Å². The number of morpholine rings is 1. The number of anilines is 1. The molecule has 4 nitrogen and oxygen atoms in total. The van der Waals surface area contributed by atoms with Gasteiger partial charge in [-0.3, -0.25) is 0 Å². The van der Waals surface area contributed by atoms with Gasteiger partial charge in [0.25, 0.3) is 0 Å². The van der Waals surface area contributed by atoms with Crippen LogP contribution in [0.15, 0.2) is 18.3 Å². The second-order valence-electron chi connectivity index (χ2n) is 5.10. The summed E-state index contributed by atoms with van der Waals surface area (Å²) in [4.78, 5) is 6.79. The summed E-state index contributed by atoms with van der Waals surface area (Å²) in [6.45, 7) is 3.93. The summed E-state index contributed by atoms with van der Waals surface area (Å²) in [5.41, 5.74) is 7.06. The SMILES string of the molecule is CC(N)c1ccnc(N2CC3CCC(C2)O3)c1. The van der Waals surface area contributed by atoms with Crippen molar-refractivity contribution in [3.63, 3.8) is 0 Å². The summed E-state index contributed by atoms with van der Waals surface area (Å²) in [5, 5.41) is 0. The summed E-state index contributed by atoms with van der Waals surface area (Å²) in [7, 11) is 0. The van der Waals surface area contributed by atoms with Crippen LogP contribution in [-0.4, -0.2) is 30.3 Å². The van der Waals surface area contributed by atoms with Crippen LogP contribution in [-0.2, 0) is 4.74 Å². The van der Waals surface area contributed by atoms with Gasteiger partial charge >= 0.3 is 0 Å². The normalized spacial score (nSPS) is 29.4. The predicted molar refractivity (Wildman–Crippen MR) is 66.9 cm³/mol. The average molecular weight is 233 g/mol. The van der Waals surface area contributed by atoms with Gasteiger partial charge < -0.3 is 15.4 Å². The molecule has 0 radical (unpaired) electrons. The fourth-order valence-electron chi connectivity index (χ4n) is 2.69. The summed E-state index contributed by atoms with van der Waals surface area (Å²) >= 11 is 0. The van der Waals surface area contributed by atoms with Crippen molar-refractivity contribution >= 4 is 5.82 Å². The number of rotatable bonds is 2. The van der Waals surface area contributed by atoms with Gasteiger partial charge in [0.15, 0.2) is 0 Å². The Bertz CT molecular complexity index is 395. The maximum absolute atomic E-state index is 5.91. The van der Waals surface area contributed by atoms with Crippen LogP contribution in [0.4, 0.5) is 5.82 Å². The Kier molecular flexibility index (Phi) is 2.76. The second kappa shape index (κ2) is 4.27. The van der Waals surface area contributed by atoms with Gasteiger partial charge in [0.05, 0.1) is 12.2 Å². The molecule has 4 heteroatoms. The molecular formula is C13H19N3O. The van der Waals surface area contributed by atoms with Gasteiger partial charge in [-0.25, -0.2) is 4.98 Å². The van der Waals surface area contributed by atoms with Gasteiger partial charge in [-0.1, -0.05) is 0 Å². The van der Waals surface area contributed by atoms with E-state index < -0.39 is 0 Å². The Balaban J connectivity index is 1.81.